The molecule has 594 valence electrons. The smallest absolute Gasteiger partial charge is 0.312 e. The van der Waals surface area contributed by atoms with Crippen molar-refractivity contribution in [3.63, 3.8) is 0 Å². The SMILES string of the molecule is CCOc1cc(=O)c2ccc(OCCOC)c(Cl)c2[nH]1.CCOc1cc(O[C@@H]2C[C@@H](C(=O)C[C@]3(C(=O)O)C[C@H]3CC)N(C(=O)[C@@H](CC(=O)OC3C[C@@H]4C[C@@H]4C3)C(C)(C)C)C2)c2ccc(OCCOC)c(Cl)c2n1.CC[C@@H]1C[C@]1(CC(=O)[C@@H]1C[C@H](C)CN1C(=O)[C@@H](CC(=O)OC1C[C@@H]2C[C@@H]2C1)C(C)(C)C)C(=O)OC. The number of carbonyl (C=O) groups is 8. The van der Waals surface area contributed by atoms with Crippen LogP contribution < -0.4 is 29.1 Å². The average molecular weight is 1540 g/mol. The number of hydrogen-bond donors (Lipinski definition) is 2. The summed E-state index contributed by atoms with van der Waals surface area (Å²) in [5.74, 6) is 0.672. The number of hydrogen-bond acceptors (Lipinski definition) is 20. The first-order valence-corrected chi connectivity index (χ1v) is 39.5. The molecular weight excluding hydrogens is 1430 g/mol. The van der Waals surface area contributed by atoms with Gasteiger partial charge in [0.1, 0.15) is 64.3 Å². The topological polar surface area (TPSA) is 301 Å². The number of ketones is 2. The lowest BCUT2D eigenvalue weighted by Crippen LogP contribution is -2.48. The summed E-state index contributed by atoms with van der Waals surface area (Å²) < 4.78 is 55.7. The molecule has 24 nitrogen and oxygen atoms in total. The summed E-state index contributed by atoms with van der Waals surface area (Å²) in [5.41, 5.74) is -2.21. The summed E-state index contributed by atoms with van der Waals surface area (Å²) in [6, 6.07) is 8.44. The number of halogens is 2. The fraction of sp³-hybridized carbons (Fsp3) is 0.683. The van der Waals surface area contributed by atoms with E-state index in [-0.39, 0.29) is 127 Å². The third kappa shape index (κ3) is 19.4. The van der Waals surface area contributed by atoms with Gasteiger partial charge in [-0.2, -0.15) is 0 Å². The van der Waals surface area contributed by atoms with Crippen LogP contribution in [0, 0.1) is 74.9 Å². The third-order valence-corrected chi connectivity index (χ3v) is 24.4. The Morgan fingerprint density at radius 1 is 0.593 bits per heavy atom. The number of amides is 2. The molecule has 6 aliphatic carbocycles. The monoisotopic (exact) mass is 1540 g/mol. The fourth-order valence-corrected chi connectivity index (χ4v) is 17.6. The van der Waals surface area contributed by atoms with E-state index in [4.69, 9.17) is 70.6 Å². The number of aromatic amines is 1. The van der Waals surface area contributed by atoms with E-state index in [0.717, 1.165) is 43.9 Å². The molecule has 8 fully saturated rings. The molecule has 16 atom stereocenters. The molecule has 0 radical (unpaired) electrons. The van der Waals surface area contributed by atoms with Crippen LogP contribution in [-0.4, -0.2) is 177 Å². The van der Waals surface area contributed by atoms with Crippen LogP contribution >= 0.6 is 23.2 Å². The van der Waals surface area contributed by atoms with E-state index in [1.807, 2.05) is 76.2 Å². The lowest BCUT2D eigenvalue weighted by molar-refractivity contribution is -0.157. The predicted octanol–water partition coefficient (Wildman–Crippen LogP) is 13.3. The van der Waals surface area contributed by atoms with E-state index in [2.05, 4.69) is 9.97 Å². The summed E-state index contributed by atoms with van der Waals surface area (Å²) >= 11 is 13.1. The van der Waals surface area contributed by atoms with Crippen molar-refractivity contribution in [1.82, 2.24) is 19.8 Å². The number of esters is 3. The number of carboxylic acids is 1. The summed E-state index contributed by atoms with van der Waals surface area (Å²) in [6.45, 7) is 24.1. The fourth-order valence-electron chi connectivity index (χ4n) is 17.1. The minimum Gasteiger partial charge on any atom is -0.490 e. The number of Topliss-reactive ketones (excluding diaryl/α,β-unsaturated/α-hetero) is 2. The maximum atomic E-state index is 14.6. The van der Waals surface area contributed by atoms with Crippen molar-refractivity contribution >= 4 is 92.3 Å². The van der Waals surface area contributed by atoms with Gasteiger partial charge in [-0.1, -0.05) is 98.4 Å². The lowest BCUT2D eigenvalue weighted by Gasteiger charge is -2.35. The molecule has 26 heteroatoms. The van der Waals surface area contributed by atoms with Gasteiger partial charge in [0.2, 0.25) is 17.7 Å². The van der Waals surface area contributed by atoms with Gasteiger partial charge < -0.3 is 67.3 Å². The zero-order valence-electron chi connectivity index (χ0n) is 65.3. The molecule has 2 aromatic heterocycles. The van der Waals surface area contributed by atoms with Crippen molar-refractivity contribution in [2.75, 3.05) is 74.1 Å². The first-order valence-electron chi connectivity index (χ1n) is 38.8. The highest BCUT2D eigenvalue weighted by molar-refractivity contribution is 6.37. The van der Waals surface area contributed by atoms with E-state index in [1.165, 1.54) is 30.9 Å². The highest BCUT2D eigenvalue weighted by Crippen LogP contribution is 2.60. The Bertz CT molecular complexity index is 4000. The van der Waals surface area contributed by atoms with Crippen LogP contribution in [0.15, 0.2) is 41.2 Å². The number of H-pyrrole nitrogens is 1. The van der Waals surface area contributed by atoms with Crippen LogP contribution in [0.2, 0.25) is 10.0 Å². The molecule has 8 aliphatic rings. The summed E-state index contributed by atoms with van der Waals surface area (Å²) in [6.07, 6.45) is 8.47. The van der Waals surface area contributed by atoms with Crippen LogP contribution in [0.25, 0.3) is 21.8 Å². The van der Waals surface area contributed by atoms with Crippen molar-refractivity contribution in [2.45, 2.75) is 209 Å². The number of methoxy groups -OCH3 is 3. The van der Waals surface area contributed by atoms with Crippen LogP contribution in [0.1, 0.15) is 179 Å². The van der Waals surface area contributed by atoms with Gasteiger partial charge in [0.25, 0.3) is 0 Å². The Hall–Kier alpha value is -7.28. The molecule has 2 saturated heterocycles. The molecule has 2 N–H and O–H groups in total. The number of carbonyl (C=O) groups excluding carboxylic acids is 7. The first kappa shape index (κ1) is 83.2. The van der Waals surface area contributed by atoms with Gasteiger partial charge in [-0.25, -0.2) is 4.98 Å². The maximum absolute atomic E-state index is 14.6. The lowest BCUT2D eigenvalue weighted by atomic mass is 9.77. The Balaban J connectivity index is 0.000000193. The van der Waals surface area contributed by atoms with E-state index in [0.29, 0.717) is 127 Å². The zero-order chi connectivity index (χ0) is 78.5. The average Bonchev–Trinajstić information content (AvgIpc) is 1.59. The highest BCUT2D eigenvalue weighted by Gasteiger charge is 2.63. The summed E-state index contributed by atoms with van der Waals surface area (Å²) in [7, 11) is 4.54. The number of pyridine rings is 2. The number of rotatable bonds is 32. The summed E-state index contributed by atoms with van der Waals surface area (Å²) in [4.78, 5) is 130. The van der Waals surface area contributed by atoms with Crippen molar-refractivity contribution in [2.24, 2.45) is 74.9 Å². The molecule has 2 amide bonds. The molecule has 6 saturated carbocycles. The first-order chi connectivity index (χ1) is 51.2. The van der Waals surface area contributed by atoms with Gasteiger partial charge >= 0.3 is 23.9 Å². The molecular formula is C82H112Cl2N4O20. The third-order valence-electron chi connectivity index (χ3n) is 23.6. The highest BCUT2D eigenvalue weighted by atomic mass is 35.5. The van der Waals surface area contributed by atoms with E-state index >= 15 is 0 Å². The van der Waals surface area contributed by atoms with E-state index in [9.17, 15) is 48.3 Å². The zero-order valence-corrected chi connectivity index (χ0v) is 66.8. The molecule has 12 rings (SSSR count). The van der Waals surface area contributed by atoms with Crippen LogP contribution in [-0.2, 0) is 62.0 Å². The number of benzene rings is 2. The molecule has 2 aliphatic heterocycles. The number of ether oxygens (including phenoxy) is 10. The van der Waals surface area contributed by atoms with Gasteiger partial charge in [0.05, 0.1) is 93.2 Å². The molecule has 4 heterocycles. The number of nitrogens with one attached hydrogen (secondary N) is 1. The second-order valence-electron chi connectivity index (χ2n) is 33.3. The van der Waals surface area contributed by atoms with Crippen molar-refractivity contribution in [1.29, 1.82) is 0 Å². The van der Waals surface area contributed by atoms with Crippen LogP contribution in [0.4, 0.5) is 0 Å². The van der Waals surface area contributed by atoms with Gasteiger partial charge in [-0.05, 0) is 148 Å². The molecule has 2 aromatic carbocycles. The number of carboxylic acid groups (broad SMARTS) is 1. The number of likely N-dealkylation sites (tertiary alicyclic amines) is 2. The van der Waals surface area contributed by atoms with Gasteiger partial charge in [0.15, 0.2) is 22.9 Å². The maximum Gasteiger partial charge on any atom is 0.312 e. The Labute approximate surface area is 643 Å². The molecule has 0 bridgehead atoms. The van der Waals surface area contributed by atoms with E-state index in [1.54, 1.807) is 49.5 Å². The van der Waals surface area contributed by atoms with Crippen molar-refractivity contribution < 1.29 is 90.8 Å². The number of aromatic nitrogens is 2. The predicted molar refractivity (Wildman–Crippen MR) is 404 cm³/mol. The van der Waals surface area contributed by atoms with Crippen LogP contribution in [0.5, 0.6) is 29.0 Å². The van der Waals surface area contributed by atoms with Gasteiger partial charge in [0, 0.05) is 62.9 Å². The number of aliphatic carboxylic acids is 1. The molecule has 4 aromatic rings. The Morgan fingerprint density at radius 2 is 1.08 bits per heavy atom. The minimum atomic E-state index is -1.14. The molecule has 2 unspecified atom stereocenters. The minimum absolute atomic E-state index is 0.0114. The van der Waals surface area contributed by atoms with Crippen LogP contribution in [0.3, 0.4) is 0 Å². The van der Waals surface area contributed by atoms with Gasteiger partial charge in [-0.15, -0.1) is 0 Å². The van der Waals surface area contributed by atoms with E-state index < -0.39 is 63.6 Å². The van der Waals surface area contributed by atoms with Crippen molar-refractivity contribution in [3.8, 4) is 29.0 Å². The quantitative estimate of drug-likeness (QED) is 0.0261. The molecule has 108 heavy (non-hydrogen) atoms. The Morgan fingerprint density at radius 3 is 1.56 bits per heavy atom. The summed E-state index contributed by atoms with van der Waals surface area (Å²) in [5, 5.41) is 11.9. The number of fused-ring (bicyclic) bond motifs is 4. The Kier molecular flexibility index (Phi) is 26.9. The molecule has 0 spiro atoms. The standard InChI is InChI=1S/C40H53ClN2O10.C28H43NO6.C14H16ClNO4/c1-7-24-19-40(24,38(47)48)20-30(44)29-16-26(21-43(29)37(46)28(39(3,4)5)17-34(45)53-25-14-22-13-23(22)15-25)52-32-18-33(50-8-2)42-36-27(32)9-10-31(35(36)41)51-12-11-49-6;1-7-19-13-28(19,26(33)34-6)14-23(30)22-8-16(2)15-29(22)25(32)21(27(3,4)5)12-24(31)35-20-10-17-9-18(17)11-20;1-3-19-12-8-10(17)9-4-5-11(20-7-6-18-2)13(15)14(9)16-12/h9-10,18,22-26,28-29H,7-8,11-17,19-21H2,1-6H3,(H,47,48);16-22H,7-15H2,1-6H3;4-5,8H,3,6-7H2,1-2H3,(H,16,17)/t22-,23+,24-,25?,26-,28-,29+,40-;16-,17-,18+,19+,20?,21+,22-,28+;/m10./s1. The second-order valence-corrected chi connectivity index (χ2v) is 34.1. The second kappa shape index (κ2) is 35.0. The van der Waals surface area contributed by atoms with Crippen molar-refractivity contribution in [3.05, 3.63) is 56.7 Å². The normalized spacial score (nSPS) is 27.5. The van der Waals surface area contributed by atoms with Gasteiger partial charge in [-0.3, -0.25) is 43.2 Å². The number of nitrogens with zero attached hydrogens (tertiary/aromatic N) is 3. The largest absolute Gasteiger partial charge is 0.490 e.